The third-order valence-corrected chi connectivity index (χ3v) is 3.45. The first-order chi connectivity index (χ1) is 7.65. The van der Waals surface area contributed by atoms with Gasteiger partial charge in [0.1, 0.15) is 10.6 Å². The van der Waals surface area contributed by atoms with Crippen LogP contribution in [0.3, 0.4) is 0 Å². The van der Waals surface area contributed by atoms with E-state index in [4.69, 9.17) is 17.0 Å². The van der Waals surface area contributed by atoms with E-state index in [0.717, 1.165) is 16.5 Å². The van der Waals surface area contributed by atoms with E-state index in [-0.39, 0.29) is 6.04 Å². The summed E-state index contributed by atoms with van der Waals surface area (Å²) in [6, 6.07) is 2.20. The number of rotatable bonds is 3. The Balaban J connectivity index is 2.61. The average molecular weight is 255 g/mol. The zero-order chi connectivity index (χ0) is 11.7. The standard InChI is InChI=1S/C10H13N3OS2/c1-6(2)13-9(11-12-10(13)15)8-7(14-3)4-5-16-8/h4-6H,1-3H3,(H,12,15). The Morgan fingerprint density at radius 1 is 1.56 bits per heavy atom. The van der Waals surface area contributed by atoms with Gasteiger partial charge in [-0.1, -0.05) is 0 Å². The van der Waals surface area contributed by atoms with Gasteiger partial charge in [-0.05, 0) is 37.5 Å². The molecule has 0 aromatic carbocycles. The van der Waals surface area contributed by atoms with Gasteiger partial charge in [0, 0.05) is 6.04 Å². The van der Waals surface area contributed by atoms with E-state index < -0.39 is 0 Å². The van der Waals surface area contributed by atoms with Crippen LogP contribution in [0.15, 0.2) is 11.4 Å². The number of hydrogen-bond donors (Lipinski definition) is 1. The summed E-state index contributed by atoms with van der Waals surface area (Å²) in [7, 11) is 1.66. The first kappa shape index (κ1) is 11.3. The Hall–Kier alpha value is -1.14. The van der Waals surface area contributed by atoms with Gasteiger partial charge in [0.2, 0.25) is 0 Å². The highest BCUT2D eigenvalue weighted by molar-refractivity contribution is 7.71. The lowest BCUT2D eigenvalue weighted by atomic mass is 10.3. The van der Waals surface area contributed by atoms with Crippen LogP contribution in [0.5, 0.6) is 5.75 Å². The second kappa shape index (κ2) is 4.39. The number of nitrogens with zero attached hydrogens (tertiary/aromatic N) is 2. The molecule has 86 valence electrons. The van der Waals surface area contributed by atoms with E-state index >= 15 is 0 Å². The lowest BCUT2D eigenvalue weighted by Gasteiger charge is -2.09. The van der Waals surface area contributed by atoms with E-state index in [9.17, 15) is 0 Å². The maximum Gasteiger partial charge on any atom is 0.195 e. The number of ether oxygens (including phenoxy) is 1. The van der Waals surface area contributed by atoms with Crippen LogP contribution in [0, 0.1) is 4.77 Å². The van der Waals surface area contributed by atoms with E-state index in [2.05, 4.69) is 24.0 Å². The summed E-state index contributed by atoms with van der Waals surface area (Å²) in [4.78, 5) is 1.00. The van der Waals surface area contributed by atoms with E-state index in [1.807, 2.05) is 16.0 Å². The Bertz CT molecular complexity index is 538. The van der Waals surface area contributed by atoms with Crippen LogP contribution >= 0.6 is 23.6 Å². The molecule has 2 heterocycles. The first-order valence-corrected chi connectivity index (χ1v) is 6.22. The molecule has 0 aliphatic heterocycles. The second-order valence-corrected chi connectivity index (χ2v) is 4.94. The van der Waals surface area contributed by atoms with Crippen LogP contribution < -0.4 is 4.74 Å². The van der Waals surface area contributed by atoms with Crippen molar-refractivity contribution in [3.8, 4) is 16.5 Å². The largest absolute Gasteiger partial charge is 0.495 e. The zero-order valence-electron chi connectivity index (χ0n) is 9.35. The fourth-order valence-electron chi connectivity index (χ4n) is 1.57. The van der Waals surface area contributed by atoms with Gasteiger partial charge in [-0.25, -0.2) is 0 Å². The van der Waals surface area contributed by atoms with Gasteiger partial charge in [0.15, 0.2) is 10.6 Å². The fourth-order valence-corrected chi connectivity index (χ4v) is 2.75. The van der Waals surface area contributed by atoms with E-state index in [1.165, 1.54) is 0 Å². The summed E-state index contributed by atoms with van der Waals surface area (Å²) >= 11 is 6.81. The molecule has 0 aliphatic carbocycles. The van der Waals surface area contributed by atoms with Crippen molar-refractivity contribution in [2.45, 2.75) is 19.9 Å². The van der Waals surface area contributed by atoms with E-state index in [0.29, 0.717) is 4.77 Å². The van der Waals surface area contributed by atoms with E-state index in [1.54, 1.807) is 18.4 Å². The molecule has 0 amide bonds. The minimum Gasteiger partial charge on any atom is -0.495 e. The Morgan fingerprint density at radius 2 is 2.31 bits per heavy atom. The van der Waals surface area contributed by atoms with Crippen molar-refractivity contribution >= 4 is 23.6 Å². The number of thiophene rings is 1. The van der Waals surface area contributed by atoms with Crippen molar-refractivity contribution < 1.29 is 4.74 Å². The van der Waals surface area contributed by atoms with Gasteiger partial charge in [-0.2, -0.15) is 5.10 Å². The highest BCUT2D eigenvalue weighted by Crippen LogP contribution is 2.35. The molecule has 2 rings (SSSR count). The number of aromatic amines is 1. The molecule has 1 N–H and O–H groups in total. The van der Waals surface area contributed by atoms with Crippen molar-refractivity contribution in [2.75, 3.05) is 7.11 Å². The highest BCUT2D eigenvalue weighted by Gasteiger charge is 2.16. The molecule has 0 saturated carbocycles. The minimum atomic E-state index is 0.271. The summed E-state index contributed by atoms with van der Waals surface area (Å²) in [6.45, 7) is 4.16. The number of methoxy groups -OCH3 is 1. The number of H-pyrrole nitrogens is 1. The van der Waals surface area contributed by atoms with Crippen molar-refractivity contribution in [3.05, 3.63) is 16.2 Å². The molecule has 0 bridgehead atoms. The van der Waals surface area contributed by atoms with Gasteiger partial charge in [-0.3, -0.25) is 9.67 Å². The van der Waals surface area contributed by atoms with Crippen molar-refractivity contribution in [1.29, 1.82) is 0 Å². The topological polar surface area (TPSA) is 42.8 Å². The molecule has 4 nitrogen and oxygen atoms in total. The first-order valence-electron chi connectivity index (χ1n) is 4.94. The summed E-state index contributed by atoms with van der Waals surface area (Å²) in [5.74, 6) is 1.67. The maximum atomic E-state index is 5.29. The Morgan fingerprint density at radius 3 is 2.94 bits per heavy atom. The van der Waals surface area contributed by atoms with Gasteiger partial charge < -0.3 is 4.74 Å². The minimum absolute atomic E-state index is 0.271. The summed E-state index contributed by atoms with van der Waals surface area (Å²) < 4.78 is 7.92. The normalized spacial score (nSPS) is 11.0. The Labute approximate surface area is 103 Å². The average Bonchev–Trinajstić information content (AvgIpc) is 2.82. The molecular weight excluding hydrogens is 242 g/mol. The molecule has 0 atom stereocenters. The lowest BCUT2D eigenvalue weighted by Crippen LogP contribution is -2.03. The quantitative estimate of drug-likeness (QED) is 0.856. The molecule has 16 heavy (non-hydrogen) atoms. The molecule has 2 aromatic heterocycles. The molecule has 6 heteroatoms. The lowest BCUT2D eigenvalue weighted by molar-refractivity contribution is 0.417. The van der Waals surface area contributed by atoms with Gasteiger partial charge >= 0.3 is 0 Å². The predicted molar refractivity (Wildman–Crippen MR) is 67.7 cm³/mol. The monoisotopic (exact) mass is 255 g/mol. The van der Waals surface area contributed by atoms with Gasteiger partial charge in [-0.15, -0.1) is 11.3 Å². The summed E-state index contributed by atoms with van der Waals surface area (Å²) in [5, 5.41) is 9.07. The van der Waals surface area contributed by atoms with Crippen LogP contribution in [0.25, 0.3) is 10.7 Å². The third kappa shape index (κ3) is 1.78. The van der Waals surface area contributed by atoms with Crippen molar-refractivity contribution in [3.63, 3.8) is 0 Å². The molecule has 0 radical (unpaired) electrons. The number of aromatic nitrogens is 3. The SMILES string of the molecule is COc1ccsc1-c1n[nH]c(=S)n1C(C)C. The molecule has 0 spiro atoms. The summed E-state index contributed by atoms with van der Waals surface area (Å²) in [5.41, 5.74) is 0. The Kier molecular flexibility index (Phi) is 3.11. The number of hydrogen-bond acceptors (Lipinski definition) is 4. The molecule has 2 aromatic rings. The van der Waals surface area contributed by atoms with Crippen LogP contribution in [0.2, 0.25) is 0 Å². The van der Waals surface area contributed by atoms with Crippen LogP contribution in [-0.4, -0.2) is 21.9 Å². The highest BCUT2D eigenvalue weighted by atomic mass is 32.1. The predicted octanol–water partition coefficient (Wildman–Crippen LogP) is 3.26. The molecule has 0 fully saturated rings. The van der Waals surface area contributed by atoms with Crippen LogP contribution in [0.4, 0.5) is 0 Å². The molecular formula is C10H13N3OS2. The zero-order valence-corrected chi connectivity index (χ0v) is 11.0. The smallest absolute Gasteiger partial charge is 0.195 e. The number of nitrogens with one attached hydrogen (secondary N) is 1. The molecule has 0 aliphatic rings. The third-order valence-electron chi connectivity index (χ3n) is 2.27. The fraction of sp³-hybridized carbons (Fsp3) is 0.400. The second-order valence-electron chi connectivity index (χ2n) is 3.63. The van der Waals surface area contributed by atoms with Crippen LogP contribution in [0.1, 0.15) is 19.9 Å². The van der Waals surface area contributed by atoms with Crippen molar-refractivity contribution in [1.82, 2.24) is 14.8 Å². The summed E-state index contributed by atoms with van der Waals surface area (Å²) in [6.07, 6.45) is 0. The van der Waals surface area contributed by atoms with Crippen molar-refractivity contribution in [2.24, 2.45) is 0 Å². The maximum absolute atomic E-state index is 5.29. The van der Waals surface area contributed by atoms with Gasteiger partial charge in [0.25, 0.3) is 0 Å². The van der Waals surface area contributed by atoms with Gasteiger partial charge in [0.05, 0.1) is 7.11 Å². The molecule has 0 unspecified atom stereocenters. The van der Waals surface area contributed by atoms with Crippen LogP contribution in [-0.2, 0) is 0 Å². The molecule has 0 saturated heterocycles.